The van der Waals surface area contributed by atoms with Crippen LogP contribution in [0.5, 0.6) is 0 Å². The van der Waals surface area contributed by atoms with Crippen molar-refractivity contribution in [1.82, 2.24) is 0 Å². The van der Waals surface area contributed by atoms with Crippen molar-refractivity contribution in [2.45, 2.75) is 38.7 Å². The van der Waals surface area contributed by atoms with Crippen molar-refractivity contribution < 1.29 is 15.0 Å². The maximum atomic E-state index is 10.6. The number of hydrogen-bond donors (Lipinski definition) is 2. The van der Waals surface area contributed by atoms with Crippen LogP contribution in [0.25, 0.3) is 0 Å². The number of hydrogen-bond acceptors (Lipinski definition) is 2. The van der Waals surface area contributed by atoms with Crippen LogP contribution in [-0.4, -0.2) is 21.8 Å². The van der Waals surface area contributed by atoms with Gasteiger partial charge in [0.15, 0.2) is 0 Å². The van der Waals surface area contributed by atoms with E-state index < -0.39 is 17.0 Å². The zero-order chi connectivity index (χ0) is 8.70. The Morgan fingerprint density at radius 2 is 2.00 bits per heavy atom. The molecule has 1 saturated carbocycles. The van der Waals surface area contributed by atoms with Gasteiger partial charge in [-0.3, -0.25) is 4.79 Å². The number of carbonyl (C=O) groups is 1. The van der Waals surface area contributed by atoms with Gasteiger partial charge in [0.05, 0.1) is 11.0 Å². The fourth-order valence-corrected chi connectivity index (χ4v) is 1.80. The van der Waals surface area contributed by atoms with E-state index in [0.717, 1.165) is 0 Å². The van der Waals surface area contributed by atoms with Crippen LogP contribution in [0.2, 0.25) is 0 Å². The Kier molecular flexibility index (Phi) is 1.71. The molecule has 11 heavy (non-hydrogen) atoms. The third-order valence-electron chi connectivity index (χ3n) is 2.61. The molecule has 0 saturated heterocycles. The molecule has 1 rings (SSSR count). The van der Waals surface area contributed by atoms with Gasteiger partial charge < -0.3 is 10.2 Å². The van der Waals surface area contributed by atoms with Gasteiger partial charge in [-0.15, -0.1) is 0 Å². The van der Waals surface area contributed by atoms with E-state index >= 15 is 0 Å². The summed E-state index contributed by atoms with van der Waals surface area (Å²) in [7, 11) is 0. The quantitative estimate of drug-likeness (QED) is 0.630. The molecule has 0 aliphatic heterocycles. The van der Waals surface area contributed by atoms with Crippen molar-refractivity contribution >= 4 is 5.97 Å². The van der Waals surface area contributed by atoms with Crippen molar-refractivity contribution in [3.8, 4) is 0 Å². The Bertz CT molecular complexity index is 180. The van der Waals surface area contributed by atoms with Gasteiger partial charge in [0.2, 0.25) is 0 Å². The largest absolute Gasteiger partial charge is 0.481 e. The molecular formula is C8H14O3. The lowest BCUT2D eigenvalue weighted by Gasteiger charge is -2.48. The minimum atomic E-state index is -0.796. The fourth-order valence-electron chi connectivity index (χ4n) is 1.80. The zero-order valence-corrected chi connectivity index (χ0v) is 6.92. The van der Waals surface area contributed by atoms with E-state index in [1.807, 2.05) is 6.92 Å². The summed E-state index contributed by atoms with van der Waals surface area (Å²) in [6.07, 6.45) is 1.44. The van der Waals surface area contributed by atoms with Gasteiger partial charge in [-0.1, -0.05) is 6.92 Å². The van der Waals surface area contributed by atoms with Crippen molar-refractivity contribution in [1.29, 1.82) is 0 Å². The summed E-state index contributed by atoms with van der Waals surface area (Å²) in [6.45, 7) is 3.56. The van der Waals surface area contributed by atoms with E-state index in [1.54, 1.807) is 6.92 Å². The first kappa shape index (κ1) is 8.53. The van der Waals surface area contributed by atoms with Gasteiger partial charge >= 0.3 is 5.97 Å². The predicted octanol–water partition coefficient (Wildman–Crippen LogP) is 1.01. The molecule has 1 aliphatic rings. The fraction of sp³-hybridized carbons (Fsp3) is 0.875. The minimum absolute atomic E-state index is 0.395. The molecule has 0 bridgehead atoms. The van der Waals surface area contributed by atoms with E-state index in [-0.39, 0.29) is 0 Å². The summed E-state index contributed by atoms with van der Waals surface area (Å²) in [5.74, 6) is -0.796. The summed E-state index contributed by atoms with van der Waals surface area (Å²) < 4.78 is 0. The standard InChI is InChI=1S/C8H14O3/c1-3-8(11)4-7(2,5-8)6(9)10/h11H,3-5H2,1-2H3,(H,9,10). The zero-order valence-electron chi connectivity index (χ0n) is 6.92. The first-order valence-corrected chi connectivity index (χ1v) is 3.88. The molecule has 0 unspecified atom stereocenters. The molecule has 0 aromatic rings. The van der Waals surface area contributed by atoms with Crippen LogP contribution >= 0.6 is 0 Å². The second-order valence-corrected chi connectivity index (χ2v) is 3.80. The molecule has 1 aliphatic carbocycles. The van der Waals surface area contributed by atoms with E-state index in [2.05, 4.69) is 0 Å². The van der Waals surface area contributed by atoms with Gasteiger partial charge in [0, 0.05) is 0 Å². The lowest BCUT2D eigenvalue weighted by atomic mass is 9.59. The van der Waals surface area contributed by atoms with Crippen molar-refractivity contribution in [2.24, 2.45) is 5.41 Å². The summed E-state index contributed by atoms with van der Waals surface area (Å²) in [4.78, 5) is 10.6. The molecule has 0 atom stereocenters. The smallest absolute Gasteiger partial charge is 0.309 e. The average molecular weight is 158 g/mol. The monoisotopic (exact) mass is 158 g/mol. The second kappa shape index (κ2) is 2.21. The Balaban J connectivity index is 2.56. The van der Waals surface area contributed by atoms with Crippen LogP contribution < -0.4 is 0 Å². The lowest BCUT2D eigenvalue weighted by Crippen LogP contribution is -2.53. The molecule has 1 fully saturated rings. The number of carboxylic acids is 1. The highest BCUT2D eigenvalue weighted by Crippen LogP contribution is 2.49. The highest BCUT2D eigenvalue weighted by atomic mass is 16.4. The predicted molar refractivity (Wildman–Crippen MR) is 40.2 cm³/mol. The van der Waals surface area contributed by atoms with Crippen molar-refractivity contribution in [3.05, 3.63) is 0 Å². The Morgan fingerprint density at radius 3 is 2.27 bits per heavy atom. The molecule has 2 N–H and O–H groups in total. The third-order valence-corrected chi connectivity index (χ3v) is 2.61. The maximum absolute atomic E-state index is 10.6. The van der Waals surface area contributed by atoms with E-state index in [4.69, 9.17) is 5.11 Å². The normalized spacial score (nSPS) is 43.2. The number of aliphatic hydroxyl groups is 1. The molecule has 0 heterocycles. The van der Waals surface area contributed by atoms with Crippen LogP contribution in [0, 0.1) is 5.41 Å². The van der Waals surface area contributed by atoms with E-state index in [9.17, 15) is 9.90 Å². The maximum Gasteiger partial charge on any atom is 0.309 e. The first-order valence-electron chi connectivity index (χ1n) is 3.88. The summed E-state index contributed by atoms with van der Waals surface area (Å²) in [5, 5.41) is 18.2. The third kappa shape index (κ3) is 1.25. The highest BCUT2D eigenvalue weighted by Gasteiger charge is 2.54. The first-order chi connectivity index (χ1) is 4.92. The molecule has 0 radical (unpaired) electrons. The summed E-state index contributed by atoms with van der Waals surface area (Å²) in [6, 6.07) is 0. The number of rotatable bonds is 2. The summed E-state index contributed by atoms with van der Waals surface area (Å²) >= 11 is 0. The Hall–Kier alpha value is -0.570. The SMILES string of the molecule is CCC1(O)CC(C)(C(=O)O)C1. The molecule has 64 valence electrons. The highest BCUT2D eigenvalue weighted by molar-refractivity contribution is 5.75. The van der Waals surface area contributed by atoms with Gasteiger partial charge in [-0.25, -0.2) is 0 Å². The topological polar surface area (TPSA) is 57.5 Å². The Labute approximate surface area is 66.0 Å². The number of carboxylic acid groups (broad SMARTS) is 1. The van der Waals surface area contributed by atoms with Gasteiger partial charge in [0.25, 0.3) is 0 Å². The summed E-state index contributed by atoms with van der Waals surface area (Å²) in [5.41, 5.74) is -1.38. The minimum Gasteiger partial charge on any atom is -0.481 e. The van der Waals surface area contributed by atoms with Crippen LogP contribution in [-0.2, 0) is 4.79 Å². The van der Waals surface area contributed by atoms with Crippen molar-refractivity contribution in [2.75, 3.05) is 0 Å². The van der Waals surface area contributed by atoms with Gasteiger partial charge in [-0.2, -0.15) is 0 Å². The molecule has 0 amide bonds. The molecular weight excluding hydrogens is 144 g/mol. The van der Waals surface area contributed by atoms with Gasteiger partial charge in [0.1, 0.15) is 0 Å². The molecule has 0 aromatic carbocycles. The van der Waals surface area contributed by atoms with Crippen LogP contribution in [0.15, 0.2) is 0 Å². The molecule has 0 aromatic heterocycles. The van der Waals surface area contributed by atoms with E-state index in [0.29, 0.717) is 19.3 Å². The molecule has 3 heteroatoms. The molecule has 3 nitrogen and oxygen atoms in total. The second-order valence-electron chi connectivity index (χ2n) is 3.80. The van der Waals surface area contributed by atoms with Gasteiger partial charge in [-0.05, 0) is 26.2 Å². The van der Waals surface area contributed by atoms with E-state index in [1.165, 1.54) is 0 Å². The number of aliphatic carboxylic acids is 1. The average Bonchev–Trinajstić information content (AvgIpc) is 1.84. The Morgan fingerprint density at radius 1 is 1.55 bits per heavy atom. The molecule has 0 spiro atoms. The lowest BCUT2D eigenvalue weighted by molar-refractivity contribution is -0.177. The van der Waals surface area contributed by atoms with Crippen molar-refractivity contribution in [3.63, 3.8) is 0 Å². The van der Waals surface area contributed by atoms with Crippen LogP contribution in [0.1, 0.15) is 33.1 Å². The van der Waals surface area contributed by atoms with Crippen LogP contribution in [0.4, 0.5) is 0 Å². The van der Waals surface area contributed by atoms with Crippen LogP contribution in [0.3, 0.4) is 0 Å².